The van der Waals surface area contributed by atoms with Crippen molar-refractivity contribution in [2.75, 3.05) is 13.1 Å². The van der Waals surface area contributed by atoms with E-state index in [-0.39, 0.29) is 6.10 Å². The van der Waals surface area contributed by atoms with E-state index in [2.05, 4.69) is 14.9 Å². The third-order valence-electron chi connectivity index (χ3n) is 5.45. The van der Waals surface area contributed by atoms with Crippen molar-refractivity contribution in [1.29, 1.82) is 0 Å². The molecule has 0 spiro atoms. The molecule has 1 saturated heterocycles. The highest BCUT2D eigenvalue weighted by atomic mass is 19.4. The van der Waals surface area contributed by atoms with Crippen LogP contribution in [-0.4, -0.2) is 34.1 Å². The Balaban J connectivity index is 1.31. The first-order valence-electron chi connectivity index (χ1n) is 10.3. The molecule has 5 nitrogen and oxygen atoms in total. The fraction of sp³-hybridized carbons (Fsp3) is 0.391. The average Bonchev–Trinajstić information content (AvgIpc) is 3.14. The van der Waals surface area contributed by atoms with Gasteiger partial charge >= 0.3 is 6.18 Å². The van der Waals surface area contributed by atoms with E-state index in [0.717, 1.165) is 49.5 Å². The molecule has 0 atom stereocenters. The lowest BCUT2D eigenvalue weighted by Gasteiger charge is -2.31. The minimum atomic E-state index is -4.36. The van der Waals surface area contributed by atoms with E-state index in [4.69, 9.17) is 9.15 Å². The molecule has 1 aliphatic heterocycles. The number of aromatic nitrogens is 2. The third-order valence-corrected chi connectivity index (χ3v) is 5.45. The van der Waals surface area contributed by atoms with Crippen LogP contribution in [0.1, 0.15) is 35.6 Å². The lowest BCUT2D eigenvalue weighted by Crippen LogP contribution is -2.36. The summed E-state index contributed by atoms with van der Waals surface area (Å²) >= 11 is 0. The first-order valence-corrected chi connectivity index (χ1v) is 10.3. The van der Waals surface area contributed by atoms with Crippen molar-refractivity contribution in [2.24, 2.45) is 0 Å². The van der Waals surface area contributed by atoms with Gasteiger partial charge in [-0.2, -0.15) is 13.2 Å². The van der Waals surface area contributed by atoms with Crippen LogP contribution in [0.2, 0.25) is 0 Å². The SMILES string of the molecule is Cc1oc(-c2ccc(C(F)(F)F)cc2)nc1CN1CCC(OCc2ccccn2)CC1. The Bertz CT molecular complexity index is 980. The summed E-state index contributed by atoms with van der Waals surface area (Å²) in [6.45, 7) is 4.76. The zero-order valence-corrected chi connectivity index (χ0v) is 17.2. The maximum Gasteiger partial charge on any atom is 0.416 e. The maximum absolute atomic E-state index is 12.8. The molecule has 1 fully saturated rings. The van der Waals surface area contributed by atoms with Gasteiger partial charge < -0.3 is 9.15 Å². The van der Waals surface area contributed by atoms with Crippen LogP contribution in [0.25, 0.3) is 11.5 Å². The van der Waals surface area contributed by atoms with Crippen molar-refractivity contribution in [3.05, 3.63) is 71.4 Å². The largest absolute Gasteiger partial charge is 0.441 e. The quantitative estimate of drug-likeness (QED) is 0.534. The highest BCUT2D eigenvalue weighted by molar-refractivity contribution is 5.54. The number of halogens is 3. The number of nitrogens with zero attached hydrogens (tertiary/aromatic N) is 3. The number of rotatable bonds is 6. The summed E-state index contributed by atoms with van der Waals surface area (Å²) in [4.78, 5) is 11.1. The van der Waals surface area contributed by atoms with Crippen LogP contribution >= 0.6 is 0 Å². The van der Waals surface area contributed by atoms with E-state index in [1.807, 2.05) is 25.1 Å². The van der Waals surface area contributed by atoms with Gasteiger partial charge in [0.15, 0.2) is 0 Å². The molecule has 1 aromatic carbocycles. The van der Waals surface area contributed by atoms with Crippen molar-refractivity contribution in [2.45, 2.75) is 45.2 Å². The minimum Gasteiger partial charge on any atom is -0.441 e. The van der Waals surface area contributed by atoms with E-state index in [1.54, 1.807) is 6.20 Å². The van der Waals surface area contributed by atoms with E-state index >= 15 is 0 Å². The van der Waals surface area contributed by atoms with Crippen LogP contribution in [0.15, 0.2) is 53.1 Å². The third kappa shape index (κ3) is 5.51. The summed E-state index contributed by atoms with van der Waals surface area (Å²) < 4.78 is 50.0. The monoisotopic (exact) mass is 431 g/mol. The predicted molar refractivity (Wildman–Crippen MR) is 109 cm³/mol. The van der Waals surface area contributed by atoms with E-state index in [0.29, 0.717) is 30.4 Å². The van der Waals surface area contributed by atoms with Gasteiger partial charge in [0.1, 0.15) is 5.76 Å². The molecule has 0 N–H and O–H groups in total. The number of pyridine rings is 1. The van der Waals surface area contributed by atoms with Gasteiger partial charge in [0.2, 0.25) is 5.89 Å². The average molecular weight is 431 g/mol. The first-order chi connectivity index (χ1) is 14.9. The Morgan fingerprint density at radius 1 is 1.10 bits per heavy atom. The number of likely N-dealkylation sites (tertiary alicyclic amines) is 1. The molecule has 0 radical (unpaired) electrons. The number of hydrogen-bond donors (Lipinski definition) is 0. The molecule has 8 heteroatoms. The summed E-state index contributed by atoms with van der Waals surface area (Å²) in [5.41, 5.74) is 1.58. The molecule has 0 aliphatic carbocycles. The number of alkyl halides is 3. The molecule has 0 unspecified atom stereocenters. The van der Waals surface area contributed by atoms with Crippen LogP contribution in [0, 0.1) is 6.92 Å². The molecule has 3 aromatic rings. The van der Waals surface area contributed by atoms with Gasteiger partial charge in [0, 0.05) is 31.4 Å². The van der Waals surface area contributed by atoms with E-state index in [1.165, 1.54) is 12.1 Å². The Kier molecular flexibility index (Phi) is 6.38. The number of hydrogen-bond acceptors (Lipinski definition) is 5. The van der Waals surface area contributed by atoms with Crippen LogP contribution < -0.4 is 0 Å². The highest BCUT2D eigenvalue weighted by Crippen LogP contribution is 2.31. The lowest BCUT2D eigenvalue weighted by molar-refractivity contribution is -0.137. The van der Waals surface area contributed by atoms with E-state index < -0.39 is 11.7 Å². The van der Waals surface area contributed by atoms with Gasteiger partial charge in [-0.05, 0) is 56.2 Å². The van der Waals surface area contributed by atoms with Crippen molar-refractivity contribution in [3.63, 3.8) is 0 Å². The number of ether oxygens (including phenoxy) is 1. The molecule has 2 aromatic heterocycles. The van der Waals surface area contributed by atoms with Gasteiger partial charge in [-0.1, -0.05) is 6.07 Å². The number of oxazole rings is 1. The topological polar surface area (TPSA) is 51.4 Å². The number of piperidine rings is 1. The van der Waals surface area contributed by atoms with Crippen LogP contribution in [0.4, 0.5) is 13.2 Å². The molecular formula is C23H24F3N3O2. The van der Waals surface area contributed by atoms with Crippen molar-refractivity contribution >= 4 is 0 Å². The Labute approximate surface area is 178 Å². The van der Waals surface area contributed by atoms with Crippen molar-refractivity contribution in [3.8, 4) is 11.5 Å². The van der Waals surface area contributed by atoms with Gasteiger partial charge in [0.25, 0.3) is 0 Å². The van der Waals surface area contributed by atoms with Gasteiger partial charge in [-0.3, -0.25) is 9.88 Å². The van der Waals surface area contributed by atoms with Gasteiger partial charge in [-0.15, -0.1) is 0 Å². The van der Waals surface area contributed by atoms with Crippen LogP contribution in [-0.2, 0) is 24.1 Å². The summed E-state index contributed by atoms with van der Waals surface area (Å²) in [5, 5.41) is 0. The molecule has 31 heavy (non-hydrogen) atoms. The molecule has 1 aliphatic rings. The van der Waals surface area contributed by atoms with Crippen molar-refractivity contribution < 1.29 is 22.3 Å². The van der Waals surface area contributed by atoms with Gasteiger partial charge in [0.05, 0.1) is 29.7 Å². The lowest BCUT2D eigenvalue weighted by atomic mass is 10.1. The number of benzene rings is 1. The second-order valence-corrected chi connectivity index (χ2v) is 7.70. The zero-order chi connectivity index (χ0) is 21.8. The van der Waals surface area contributed by atoms with Crippen LogP contribution in [0.3, 0.4) is 0 Å². The maximum atomic E-state index is 12.8. The Hall–Kier alpha value is -2.71. The number of aryl methyl sites for hydroxylation is 1. The molecule has 0 bridgehead atoms. The molecular weight excluding hydrogens is 407 g/mol. The Morgan fingerprint density at radius 2 is 1.84 bits per heavy atom. The molecule has 0 amide bonds. The summed E-state index contributed by atoms with van der Waals surface area (Å²) in [6, 6.07) is 10.7. The summed E-state index contributed by atoms with van der Waals surface area (Å²) in [7, 11) is 0. The predicted octanol–water partition coefficient (Wildman–Crippen LogP) is 5.25. The highest BCUT2D eigenvalue weighted by Gasteiger charge is 2.30. The fourth-order valence-electron chi connectivity index (χ4n) is 3.63. The van der Waals surface area contributed by atoms with E-state index in [9.17, 15) is 13.2 Å². The molecule has 3 heterocycles. The summed E-state index contributed by atoms with van der Waals surface area (Å²) in [6.07, 6.45) is -0.533. The van der Waals surface area contributed by atoms with Crippen LogP contribution in [0.5, 0.6) is 0 Å². The standard InChI is InChI=1S/C23H24F3N3O2/c1-16-21(28-22(31-16)17-5-7-18(8-6-17)23(24,25)26)14-29-12-9-20(10-13-29)30-15-19-4-2-3-11-27-19/h2-8,11,20H,9-10,12-15H2,1H3. The second-order valence-electron chi connectivity index (χ2n) is 7.70. The first kappa shape index (κ1) is 21.5. The molecule has 164 valence electrons. The smallest absolute Gasteiger partial charge is 0.416 e. The fourth-order valence-corrected chi connectivity index (χ4v) is 3.63. The zero-order valence-electron chi connectivity index (χ0n) is 17.2. The molecule has 0 saturated carbocycles. The van der Waals surface area contributed by atoms with Gasteiger partial charge in [-0.25, -0.2) is 4.98 Å². The normalized spacial score (nSPS) is 16.0. The van der Waals surface area contributed by atoms with Crippen molar-refractivity contribution in [1.82, 2.24) is 14.9 Å². The second kappa shape index (κ2) is 9.20. The molecule has 4 rings (SSSR count). The minimum absolute atomic E-state index is 0.208. The Morgan fingerprint density at radius 3 is 2.48 bits per heavy atom. The summed E-state index contributed by atoms with van der Waals surface area (Å²) in [5.74, 6) is 1.03.